The van der Waals surface area contributed by atoms with Gasteiger partial charge >= 0.3 is 5.97 Å². The first-order chi connectivity index (χ1) is 15.4. The molecule has 0 aliphatic carbocycles. The molecule has 0 saturated heterocycles. The molecule has 1 N–H and O–H groups in total. The lowest BCUT2D eigenvalue weighted by molar-refractivity contribution is -0.142. The van der Waals surface area contributed by atoms with Gasteiger partial charge in [-0.25, -0.2) is 0 Å². The number of aliphatic carboxylic acids is 1. The van der Waals surface area contributed by atoms with E-state index in [0.717, 1.165) is 24.8 Å². The van der Waals surface area contributed by atoms with Crippen LogP contribution >= 0.6 is 0 Å². The highest BCUT2D eigenvalue weighted by atomic mass is 16.5. The highest BCUT2D eigenvalue weighted by Crippen LogP contribution is 2.24. The first kappa shape index (κ1) is 31.5. The number of allylic oxidation sites excluding steroid dienone is 3. The van der Waals surface area contributed by atoms with Crippen molar-refractivity contribution in [3.05, 3.63) is 23.8 Å². The van der Waals surface area contributed by atoms with Gasteiger partial charge in [-0.05, 0) is 57.8 Å². The molecule has 6 unspecified atom stereocenters. The van der Waals surface area contributed by atoms with Crippen LogP contribution in [-0.2, 0) is 23.8 Å². The Bertz CT molecular complexity index is 626. The molecule has 0 aromatic carbocycles. The zero-order valence-electron chi connectivity index (χ0n) is 22.2. The van der Waals surface area contributed by atoms with E-state index in [2.05, 4.69) is 27.4 Å². The molecule has 6 nitrogen and oxygen atoms in total. The van der Waals surface area contributed by atoms with E-state index in [1.54, 1.807) is 28.3 Å². The highest BCUT2D eigenvalue weighted by Gasteiger charge is 2.23. The molecule has 33 heavy (non-hydrogen) atoms. The van der Waals surface area contributed by atoms with Gasteiger partial charge in [-0.1, -0.05) is 38.0 Å². The number of Topliss-reactive ketones (excluding diaryl/α,β-unsaturated/α-hetero) is 1. The topological polar surface area (TPSA) is 82.1 Å². The molecule has 0 aromatic heterocycles. The molecular weight excluding hydrogens is 420 g/mol. The van der Waals surface area contributed by atoms with Crippen molar-refractivity contribution >= 4 is 11.8 Å². The van der Waals surface area contributed by atoms with Gasteiger partial charge in [0, 0.05) is 34.2 Å². The Balaban J connectivity index is 4.66. The third kappa shape index (κ3) is 14.4. The van der Waals surface area contributed by atoms with Gasteiger partial charge in [0.05, 0.1) is 24.2 Å². The Morgan fingerprint density at radius 1 is 0.879 bits per heavy atom. The number of carboxylic acid groups (broad SMARTS) is 1. The third-order valence-corrected chi connectivity index (χ3v) is 6.28. The quantitative estimate of drug-likeness (QED) is 0.240. The van der Waals surface area contributed by atoms with Crippen LogP contribution in [0.1, 0.15) is 79.6 Å². The first-order valence-corrected chi connectivity index (χ1v) is 12.1. The number of hydrogen-bond acceptors (Lipinski definition) is 5. The van der Waals surface area contributed by atoms with Crippen molar-refractivity contribution in [3.8, 4) is 0 Å². The second-order valence-electron chi connectivity index (χ2n) is 9.88. The molecule has 0 aliphatic heterocycles. The molecule has 6 atom stereocenters. The fraction of sp³-hybridized carbons (Fsp3) is 0.778. The van der Waals surface area contributed by atoms with E-state index < -0.39 is 11.9 Å². The van der Waals surface area contributed by atoms with Crippen LogP contribution in [-0.4, -0.2) is 56.5 Å². The number of carbonyl (C=O) groups excluding carboxylic acids is 1. The second-order valence-corrected chi connectivity index (χ2v) is 9.88. The highest BCUT2D eigenvalue weighted by molar-refractivity contribution is 5.80. The van der Waals surface area contributed by atoms with Crippen molar-refractivity contribution < 1.29 is 28.9 Å². The Labute approximate surface area is 201 Å². The minimum atomic E-state index is -0.809. The fourth-order valence-electron chi connectivity index (χ4n) is 4.32. The molecule has 0 spiro atoms. The van der Waals surface area contributed by atoms with Crippen LogP contribution in [0.5, 0.6) is 0 Å². The largest absolute Gasteiger partial charge is 0.481 e. The maximum absolute atomic E-state index is 12.5. The van der Waals surface area contributed by atoms with Crippen LogP contribution in [0.3, 0.4) is 0 Å². The molecule has 6 heteroatoms. The van der Waals surface area contributed by atoms with Crippen LogP contribution < -0.4 is 0 Å². The van der Waals surface area contributed by atoms with Crippen LogP contribution in [0.2, 0.25) is 0 Å². The average molecular weight is 469 g/mol. The Morgan fingerprint density at radius 2 is 1.45 bits per heavy atom. The molecule has 0 bridgehead atoms. The molecule has 0 heterocycles. The smallest absolute Gasteiger partial charge is 0.306 e. The lowest BCUT2D eigenvalue weighted by Crippen LogP contribution is -2.27. The van der Waals surface area contributed by atoms with E-state index in [-0.39, 0.29) is 30.0 Å². The molecule has 0 radical (unpaired) electrons. The van der Waals surface area contributed by atoms with Crippen LogP contribution in [0, 0.1) is 17.8 Å². The van der Waals surface area contributed by atoms with E-state index >= 15 is 0 Å². The number of carbonyl (C=O) groups is 2. The van der Waals surface area contributed by atoms with Gasteiger partial charge in [0.2, 0.25) is 0 Å². The van der Waals surface area contributed by atoms with Crippen molar-refractivity contribution in [1.82, 2.24) is 0 Å². The summed E-state index contributed by atoms with van der Waals surface area (Å²) in [6.07, 6.45) is 6.36. The van der Waals surface area contributed by atoms with Crippen molar-refractivity contribution in [1.29, 1.82) is 0 Å². The maximum atomic E-state index is 12.5. The van der Waals surface area contributed by atoms with Crippen LogP contribution in [0.15, 0.2) is 23.8 Å². The SMILES string of the molecule is C=C(C)CC(C)C(CC(=O)CC=C(C)CC(C)CC(CC(CC(C)C(=O)O)OC)OC)OC. The van der Waals surface area contributed by atoms with Crippen molar-refractivity contribution in [3.63, 3.8) is 0 Å². The van der Waals surface area contributed by atoms with Crippen LogP contribution in [0.4, 0.5) is 0 Å². The monoisotopic (exact) mass is 468 g/mol. The normalized spacial score (nSPS) is 17.6. The molecule has 0 aromatic rings. The Morgan fingerprint density at radius 3 is 1.94 bits per heavy atom. The summed E-state index contributed by atoms with van der Waals surface area (Å²) in [4.78, 5) is 23.6. The van der Waals surface area contributed by atoms with Gasteiger partial charge in [0.15, 0.2) is 0 Å². The lowest BCUT2D eigenvalue weighted by atomic mass is 9.91. The van der Waals surface area contributed by atoms with E-state index in [4.69, 9.17) is 19.3 Å². The fourth-order valence-corrected chi connectivity index (χ4v) is 4.32. The standard InChI is InChI=1S/C27H48O6/c1-18(2)12-21(5)26(33-9)16-23(28)11-10-19(3)13-20(4)14-24(31-7)17-25(32-8)15-22(6)27(29)30/h10,20-22,24-26H,1,11-17H2,2-9H3,(H,29,30). The number of ketones is 1. The first-order valence-electron chi connectivity index (χ1n) is 12.1. The summed E-state index contributed by atoms with van der Waals surface area (Å²) >= 11 is 0. The predicted molar refractivity (Wildman–Crippen MR) is 133 cm³/mol. The van der Waals surface area contributed by atoms with E-state index in [9.17, 15) is 9.59 Å². The summed E-state index contributed by atoms with van der Waals surface area (Å²) in [5.74, 6) is -0.432. The summed E-state index contributed by atoms with van der Waals surface area (Å²) in [6.45, 7) is 14.0. The van der Waals surface area contributed by atoms with E-state index in [1.165, 1.54) is 5.57 Å². The van der Waals surface area contributed by atoms with Crippen molar-refractivity contribution in [2.24, 2.45) is 17.8 Å². The van der Waals surface area contributed by atoms with E-state index in [0.29, 0.717) is 31.6 Å². The second kappa shape index (κ2) is 17.0. The number of carboxylic acids is 1. The molecule has 192 valence electrons. The van der Waals surface area contributed by atoms with E-state index in [1.807, 2.05) is 13.0 Å². The minimum Gasteiger partial charge on any atom is -0.481 e. The molecule has 0 amide bonds. The number of hydrogen-bond donors (Lipinski definition) is 1. The molecule has 0 rings (SSSR count). The zero-order valence-corrected chi connectivity index (χ0v) is 22.2. The van der Waals surface area contributed by atoms with Gasteiger partial charge in [0.1, 0.15) is 5.78 Å². The number of ether oxygens (including phenoxy) is 3. The van der Waals surface area contributed by atoms with Gasteiger partial charge < -0.3 is 19.3 Å². The van der Waals surface area contributed by atoms with Gasteiger partial charge in [-0.2, -0.15) is 0 Å². The average Bonchev–Trinajstić information content (AvgIpc) is 2.73. The Kier molecular flexibility index (Phi) is 16.2. The molecule has 0 aliphatic rings. The third-order valence-electron chi connectivity index (χ3n) is 6.28. The number of rotatable bonds is 19. The summed E-state index contributed by atoms with van der Waals surface area (Å²) < 4.78 is 16.7. The zero-order chi connectivity index (χ0) is 25.6. The summed E-state index contributed by atoms with van der Waals surface area (Å²) in [7, 11) is 4.97. The van der Waals surface area contributed by atoms with Crippen molar-refractivity contribution in [2.75, 3.05) is 21.3 Å². The summed E-state index contributed by atoms with van der Waals surface area (Å²) in [6, 6.07) is 0. The Hall–Kier alpha value is -1.50. The van der Waals surface area contributed by atoms with Gasteiger partial charge in [-0.15, -0.1) is 6.58 Å². The minimum absolute atomic E-state index is 0.00218. The van der Waals surface area contributed by atoms with Gasteiger partial charge in [-0.3, -0.25) is 9.59 Å². The molecular formula is C27H48O6. The summed E-state index contributed by atoms with van der Waals surface area (Å²) in [5.41, 5.74) is 2.29. The number of methoxy groups -OCH3 is 3. The summed E-state index contributed by atoms with van der Waals surface area (Å²) in [5, 5.41) is 9.15. The van der Waals surface area contributed by atoms with Gasteiger partial charge in [0.25, 0.3) is 0 Å². The van der Waals surface area contributed by atoms with Crippen molar-refractivity contribution in [2.45, 2.75) is 97.9 Å². The molecule has 0 saturated carbocycles. The predicted octanol–water partition coefficient (Wildman–Crippen LogP) is 5.85. The maximum Gasteiger partial charge on any atom is 0.306 e. The molecule has 0 fully saturated rings. The lowest BCUT2D eigenvalue weighted by Gasteiger charge is -2.25. The van der Waals surface area contributed by atoms with Crippen LogP contribution in [0.25, 0.3) is 0 Å².